The zero-order valence-electron chi connectivity index (χ0n) is 19.3. The Labute approximate surface area is 187 Å². The molecule has 0 aliphatic carbocycles. The Hall–Kier alpha value is -2.30. The van der Waals surface area contributed by atoms with Gasteiger partial charge in [0.15, 0.2) is 6.79 Å². The number of hydrogen-bond donors (Lipinski definition) is 0. The van der Waals surface area contributed by atoms with Crippen molar-refractivity contribution in [1.82, 2.24) is 4.90 Å². The van der Waals surface area contributed by atoms with Gasteiger partial charge in [-0.3, -0.25) is 4.90 Å². The summed E-state index contributed by atoms with van der Waals surface area (Å²) in [5.74, 6) is 1.70. The van der Waals surface area contributed by atoms with Crippen LogP contribution in [0.25, 0.3) is 5.57 Å². The number of piperidine rings is 1. The Balaban J connectivity index is 2.00. The van der Waals surface area contributed by atoms with E-state index in [9.17, 15) is 0 Å². The molecular weight excluding hydrogens is 386 g/mol. The number of hydrogen-bond acceptors (Lipinski definition) is 4. The molecule has 1 heterocycles. The second-order valence-corrected chi connectivity index (χ2v) is 8.25. The fourth-order valence-corrected chi connectivity index (χ4v) is 4.06. The molecule has 0 radical (unpaired) electrons. The Morgan fingerprint density at radius 1 is 1.06 bits per heavy atom. The van der Waals surface area contributed by atoms with Crippen molar-refractivity contribution in [2.45, 2.75) is 51.5 Å². The van der Waals surface area contributed by atoms with E-state index in [0.717, 1.165) is 36.6 Å². The number of ether oxygens (including phenoxy) is 3. The topological polar surface area (TPSA) is 30.9 Å². The Morgan fingerprint density at radius 3 is 2.65 bits per heavy atom. The molecule has 0 aromatic heterocycles. The highest BCUT2D eigenvalue weighted by molar-refractivity contribution is 5.83. The van der Waals surface area contributed by atoms with Crippen LogP contribution >= 0.6 is 0 Å². The van der Waals surface area contributed by atoms with Gasteiger partial charge in [0, 0.05) is 18.7 Å². The molecule has 1 saturated heterocycles. The Morgan fingerprint density at radius 2 is 1.90 bits per heavy atom. The highest BCUT2D eigenvalue weighted by Gasteiger charge is 2.20. The summed E-state index contributed by atoms with van der Waals surface area (Å²) in [6.45, 7) is 4.30. The molecular formula is C27H37NO3. The molecule has 31 heavy (non-hydrogen) atoms. The number of likely N-dealkylation sites (N-methyl/N-ethyl adjacent to an activating group) is 1. The van der Waals surface area contributed by atoms with Crippen LogP contribution in [0.15, 0.2) is 54.6 Å². The molecule has 1 atom stereocenters. The van der Waals surface area contributed by atoms with Gasteiger partial charge in [-0.15, -0.1) is 0 Å². The van der Waals surface area contributed by atoms with Crippen molar-refractivity contribution in [3.63, 3.8) is 0 Å². The van der Waals surface area contributed by atoms with E-state index < -0.39 is 0 Å². The summed E-state index contributed by atoms with van der Waals surface area (Å²) in [6.07, 6.45) is 9.56. The summed E-state index contributed by atoms with van der Waals surface area (Å²) in [4.78, 5) is 2.45. The van der Waals surface area contributed by atoms with Crippen LogP contribution in [0, 0.1) is 0 Å². The predicted molar refractivity (Wildman–Crippen MR) is 128 cm³/mol. The maximum Gasteiger partial charge on any atom is 0.188 e. The molecule has 0 spiro atoms. The van der Waals surface area contributed by atoms with Gasteiger partial charge in [-0.2, -0.15) is 0 Å². The van der Waals surface area contributed by atoms with Crippen molar-refractivity contribution in [3.05, 3.63) is 65.7 Å². The minimum absolute atomic E-state index is 0.217. The van der Waals surface area contributed by atoms with Crippen LogP contribution in [-0.2, 0) is 4.74 Å². The average molecular weight is 424 g/mol. The van der Waals surface area contributed by atoms with Gasteiger partial charge in [-0.25, -0.2) is 0 Å². The van der Waals surface area contributed by atoms with Crippen LogP contribution in [0.5, 0.6) is 11.5 Å². The summed E-state index contributed by atoms with van der Waals surface area (Å²) in [7, 11) is 3.87. The first-order valence-electron chi connectivity index (χ1n) is 11.6. The summed E-state index contributed by atoms with van der Waals surface area (Å²) < 4.78 is 17.2. The van der Waals surface area contributed by atoms with Crippen LogP contribution in [0.2, 0.25) is 0 Å². The SMILES string of the molecule is CCCCCOc1ccc(OCOC)c(/C(=C/C2CCCCN2C)c2ccccc2)c1. The lowest BCUT2D eigenvalue weighted by Gasteiger charge is -2.31. The molecule has 4 nitrogen and oxygen atoms in total. The number of methoxy groups -OCH3 is 1. The molecule has 2 aromatic carbocycles. The minimum Gasteiger partial charge on any atom is -0.494 e. The van der Waals surface area contributed by atoms with E-state index in [1.807, 2.05) is 12.1 Å². The standard InChI is InChI=1S/C27H37NO3/c1-4-5-11-18-30-24-15-16-27(31-21-29-3)26(20-24)25(22-12-7-6-8-13-22)19-23-14-9-10-17-28(23)2/h6-8,12-13,15-16,19-20,23H,4-5,9-11,14,17-18,21H2,1-3H3/b25-19+. The van der Waals surface area contributed by atoms with E-state index in [2.05, 4.69) is 61.3 Å². The molecule has 1 fully saturated rings. The third kappa shape index (κ3) is 6.84. The molecule has 168 valence electrons. The predicted octanol–water partition coefficient (Wildman–Crippen LogP) is 6.15. The van der Waals surface area contributed by atoms with Crippen LogP contribution in [0.4, 0.5) is 0 Å². The molecule has 0 saturated carbocycles. The van der Waals surface area contributed by atoms with Crippen LogP contribution < -0.4 is 9.47 Å². The largest absolute Gasteiger partial charge is 0.494 e. The Kier molecular flexibility index (Phi) is 9.44. The minimum atomic E-state index is 0.217. The highest BCUT2D eigenvalue weighted by atomic mass is 16.7. The lowest BCUT2D eigenvalue weighted by Crippen LogP contribution is -2.34. The zero-order valence-corrected chi connectivity index (χ0v) is 19.3. The summed E-state index contributed by atoms with van der Waals surface area (Å²) in [5, 5.41) is 0. The molecule has 2 aromatic rings. The first kappa shape index (κ1) is 23.4. The van der Waals surface area contributed by atoms with Gasteiger partial charge in [-0.1, -0.05) is 62.6 Å². The number of benzene rings is 2. The monoisotopic (exact) mass is 423 g/mol. The third-order valence-electron chi connectivity index (χ3n) is 5.86. The number of rotatable bonds is 11. The fourth-order valence-electron chi connectivity index (χ4n) is 4.06. The maximum absolute atomic E-state index is 6.08. The van der Waals surface area contributed by atoms with Gasteiger partial charge in [0.1, 0.15) is 11.5 Å². The molecule has 1 unspecified atom stereocenters. The number of unbranched alkanes of at least 4 members (excludes halogenated alkanes) is 2. The van der Waals surface area contributed by atoms with E-state index >= 15 is 0 Å². The van der Waals surface area contributed by atoms with Crippen molar-refractivity contribution in [2.24, 2.45) is 0 Å². The van der Waals surface area contributed by atoms with Crippen molar-refractivity contribution in [1.29, 1.82) is 0 Å². The quantitative estimate of drug-likeness (QED) is 0.320. The normalized spacial score (nSPS) is 17.5. The van der Waals surface area contributed by atoms with Gasteiger partial charge in [0.05, 0.1) is 6.61 Å². The molecule has 1 aliphatic rings. The highest BCUT2D eigenvalue weighted by Crippen LogP contribution is 2.36. The Bertz CT molecular complexity index is 818. The summed E-state index contributed by atoms with van der Waals surface area (Å²) in [5.41, 5.74) is 3.42. The molecule has 0 amide bonds. The van der Waals surface area contributed by atoms with E-state index in [4.69, 9.17) is 14.2 Å². The second-order valence-electron chi connectivity index (χ2n) is 8.25. The molecule has 4 heteroatoms. The smallest absolute Gasteiger partial charge is 0.188 e. The lowest BCUT2D eigenvalue weighted by atomic mass is 9.92. The van der Waals surface area contributed by atoms with Gasteiger partial charge in [0.25, 0.3) is 0 Å². The van der Waals surface area contributed by atoms with E-state index in [1.54, 1.807) is 7.11 Å². The first-order valence-corrected chi connectivity index (χ1v) is 11.6. The third-order valence-corrected chi connectivity index (χ3v) is 5.86. The van der Waals surface area contributed by atoms with Crippen molar-refractivity contribution < 1.29 is 14.2 Å². The van der Waals surface area contributed by atoms with Crippen molar-refractivity contribution in [3.8, 4) is 11.5 Å². The van der Waals surface area contributed by atoms with Gasteiger partial charge >= 0.3 is 0 Å². The van der Waals surface area contributed by atoms with Gasteiger partial charge < -0.3 is 14.2 Å². The van der Waals surface area contributed by atoms with Crippen molar-refractivity contribution >= 4 is 5.57 Å². The van der Waals surface area contributed by atoms with E-state index in [-0.39, 0.29) is 6.79 Å². The average Bonchev–Trinajstić information content (AvgIpc) is 2.81. The summed E-state index contributed by atoms with van der Waals surface area (Å²) in [6, 6.07) is 17.1. The van der Waals surface area contributed by atoms with Gasteiger partial charge in [-0.05, 0) is 62.2 Å². The molecule has 3 rings (SSSR count). The fraction of sp³-hybridized carbons (Fsp3) is 0.481. The molecule has 0 N–H and O–H groups in total. The van der Waals surface area contributed by atoms with Crippen LogP contribution in [0.1, 0.15) is 56.6 Å². The van der Waals surface area contributed by atoms with E-state index in [1.165, 1.54) is 43.2 Å². The number of nitrogens with zero attached hydrogens (tertiary/aromatic N) is 1. The van der Waals surface area contributed by atoms with Crippen LogP contribution in [-0.4, -0.2) is 45.0 Å². The van der Waals surface area contributed by atoms with Gasteiger partial charge in [0.2, 0.25) is 0 Å². The second kappa shape index (κ2) is 12.5. The molecule has 1 aliphatic heterocycles. The van der Waals surface area contributed by atoms with E-state index in [0.29, 0.717) is 6.04 Å². The maximum atomic E-state index is 6.08. The van der Waals surface area contributed by atoms with Crippen molar-refractivity contribution in [2.75, 3.05) is 34.1 Å². The first-order chi connectivity index (χ1) is 15.2. The molecule has 0 bridgehead atoms. The van der Waals surface area contributed by atoms with Crippen LogP contribution in [0.3, 0.4) is 0 Å². The lowest BCUT2D eigenvalue weighted by molar-refractivity contribution is 0.0509. The summed E-state index contributed by atoms with van der Waals surface area (Å²) >= 11 is 0. The number of likely N-dealkylation sites (tertiary alicyclic amines) is 1. The zero-order chi connectivity index (χ0) is 21.9.